The van der Waals surface area contributed by atoms with Crippen LogP contribution < -0.4 is 5.32 Å². The van der Waals surface area contributed by atoms with Gasteiger partial charge in [0, 0.05) is 43.4 Å². The molecular weight excluding hydrogens is 374 g/mol. The van der Waals surface area contributed by atoms with E-state index >= 15 is 0 Å². The highest BCUT2D eigenvalue weighted by Crippen LogP contribution is 2.16. The Morgan fingerprint density at radius 3 is 2.48 bits per heavy atom. The summed E-state index contributed by atoms with van der Waals surface area (Å²) >= 11 is 0. The monoisotopic (exact) mass is 401 g/mol. The third kappa shape index (κ3) is 6.20. The van der Waals surface area contributed by atoms with E-state index in [1.807, 2.05) is 20.8 Å². The van der Waals surface area contributed by atoms with Crippen molar-refractivity contribution in [2.24, 2.45) is 5.92 Å². The molecule has 0 aliphatic carbocycles. The average molecular weight is 401 g/mol. The maximum Gasteiger partial charge on any atom is 0.286 e. The van der Waals surface area contributed by atoms with E-state index in [1.165, 1.54) is 0 Å². The second-order valence-electron chi connectivity index (χ2n) is 6.57. The Kier molecular flexibility index (Phi) is 8.45. The number of amides is 2. The predicted molar refractivity (Wildman–Crippen MR) is 106 cm³/mol. The molecule has 2 aromatic heterocycles. The number of carbonyl (C=O) groups excluding carboxylic acids is 3. The molecule has 9 heteroatoms. The van der Waals surface area contributed by atoms with Crippen LogP contribution in [0, 0.1) is 5.92 Å². The van der Waals surface area contributed by atoms with Crippen molar-refractivity contribution in [1.29, 1.82) is 0 Å². The fourth-order valence-corrected chi connectivity index (χ4v) is 2.83. The molecule has 0 aromatic carbocycles. The first-order chi connectivity index (χ1) is 14.0. The Morgan fingerprint density at radius 2 is 1.86 bits per heavy atom. The van der Waals surface area contributed by atoms with Gasteiger partial charge in [0.2, 0.25) is 23.5 Å². The normalized spacial score (nSPS) is 11.7. The van der Waals surface area contributed by atoms with Gasteiger partial charge in [-0.1, -0.05) is 13.8 Å². The molecule has 0 radical (unpaired) electrons. The Morgan fingerprint density at radius 1 is 1.14 bits per heavy atom. The molecule has 0 aliphatic heterocycles. The van der Waals surface area contributed by atoms with Crippen LogP contribution >= 0.6 is 0 Å². The lowest BCUT2D eigenvalue weighted by atomic mass is 10.0. The smallest absolute Gasteiger partial charge is 0.286 e. The summed E-state index contributed by atoms with van der Waals surface area (Å²) in [7, 11) is 0. The third-order valence-corrected chi connectivity index (χ3v) is 4.53. The molecule has 2 amide bonds. The van der Waals surface area contributed by atoms with Crippen LogP contribution in [0.4, 0.5) is 0 Å². The molecule has 1 atom stereocenters. The quantitative estimate of drug-likeness (QED) is 0.573. The van der Waals surface area contributed by atoms with Gasteiger partial charge >= 0.3 is 0 Å². The summed E-state index contributed by atoms with van der Waals surface area (Å²) in [6, 6.07) is 3.37. The van der Waals surface area contributed by atoms with Crippen molar-refractivity contribution in [3.63, 3.8) is 0 Å². The van der Waals surface area contributed by atoms with E-state index in [9.17, 15) is 14.4 Å². The van der Waals surface area contributed by atoms with Crippen molar-refractivity contribution in [3.05, 3.63) is 30.4 Å². The van der Waals surface area contributed by atoms with Gasteiger partial charge in [0.25, 0.3) is 5.89 Å². The lowest BCUT2D eigenvalue weighted by molar-refractivity contribution is -0.136. The highest BCUT2D eigenvalue weighted by molar-refractivity contribution is 5.96. The van der Waals surface area contributed by atoms with E-state index in [1.54, 1.807) is 29.4 Å². The second kappa shape index (κ2) is 11.0. The first kappa shape index (κ1) is 22.2. The Bertz CT molecular complexity index is 821. The molecule has 2 aromatic rings. The number of Topliss-reactive ketones (excluding diaryl/α,β-unsaturated/α-hetero) is 1. The summed E-state index contributed by atoms with van der Waals surface area (Å²) < 4.78 is 5.38. The molecule has 156 valence electrons. The molecule has 1 N–H and O–H groups in total. The summed E-state index contributed by atoms with van der Waals surface area (Å²) in [6.45, 7) is 6.77. The number of nitrogens with zero attached hydrogens (tertiary/aromatic N) is 4. The minimum Gasteiger partial charge on any atom is -0.414 e. The number of ketones is 1. The van der Waals surface area contributed by atoms with Crippen molar-refractivity contribution in [3.8, 4) is 11.5 Å². The number of hydrogen-bond acceptors (Lipinski definition) is 7. The van der Waals surface area contributed by atoms with Gasteiger partial charge in [-0.15, -0.1) is 10.2 Å². The van der Waals surface area contributed by atoms with Crippen LogP contribution in [0.15, 0.2) is 28.9 Å². The molecule has 0 saturated heterocycles. The number of hydrogen-bond donors (Lipinski definition) is 1. The summed E-state index contributed by atoms with van der Waals surface area (Å²) in [6.07, 6.45) is 4.64. The minimum absolute atomic E-state index is 0.0541. The molecule has 0 bridgehead atoms. The number of carbonyl (C=O) groups is 3. The van der Waals surface area contributed by atoms with Crippen molar-refractivity contribution in [1.82, 2.24) is 25.4 Å². The Balaban J connectivity index is 1.90. The Hall–Kier alpha value is -3.10. The van der Waals surface area contributed by atoms with Gasteiger partial charge in [0.05, 0.1) is 6.54 Å². The zero-order valence-corrected chi connectivity index (χ0v) is 17.1. The maximum atomic E-state index is 12.4. The maximum absolute atomic E-state index is 12.4. The minimum atomic E-state index is -0.492. The summed E-state index contributed by atoms with van der Waals surface area (Å²) in [5.74, 6) is -1.35. The highest BCUT2D eigenvalue weighted by Gasteiger charge is 2.24. The van der Waals surface area contributed by atoms with Crippen molar-refractivity contribution >= 4 is 17.6 Å². The van der Waals surface area contributed by atoms with Crippen molar-refractivity contribution in [2.75, 3.05) is 19.6 Å². The molecule has 9 nitrogen and oxygen atoms in total. The van der Waals surface area contributed by atoms with Gasteiger partial charge in [-0.2, -0.15) is 0 Å². The zero-order valence-electron chi connectivity index (χ0n) is 17.1. The van der Waals surface area contributed by atoms with Crippen LogP contribution in [-0.2, 0) is 9.59 Å². The molecule has 2 rings (SSSR count). The van der Waals surface area contributed by atoms with Gasteiger partial charge in [-0.05, 0) is 31.9 Å². The van der Waals surface area contributed by atoms with E-state index in [0.717, 1.165) is 6.42 Å². The summed E-state index contributed by atoms with van der Waals surface area (Å²) in [5.41, 5.74) is 0.646. The lowest BCUT2D eigenvalue weighted by Gasteiger charge is -2.22. The van der Waals surface area contributed by atoms with Crippen LogP contribution in [0.2, 0.25) is 0 Å². The van der Waals surface area contributed by atoms with Crippen molar-refractivity contribution < 1.29 is 18.8 Å². The number of nitrogens with one attached hydrogen (secondary N) is 1. The summed E-state index contributed by atoms with van der Waals surface area (Å²) in [5, 5.41) is 10.2. The second-order valence-corrected chi connectivity index (χ2v) is 6.57. The number of rotatable bonds is 11. The van der Waals surface area contributed by atoms with Gasteiger partial charge in [-0.3, -0.25) is 19.4 Å². The van der Waals surface area contributed by atoms with E-state index in [0.29, 0.717) is 25.1 Å². The lowest BCUT2D eigenvalue weighted by Crippen LogP contribution is -2.39. The third-order valence-electron chi connectivity index (χ3n) is 4.53. The van der Waals surface area contributed by atoms with E-state index < -0.39 is 11.7 Å². The standard InChI is InChI=1S/C20H27N5O4/c1-4-11-25(6-3)17(27)12-14(5-2)18(28)22-13-16(26)20-24-23-19(29-20)15-7-9-21-10-8-15/h7-10,14H,4-6,11-13H2,1-3H3,(H,22,28). The molecule has 2 heterocycles. The molecule has 0 aliphatic rings. The molecule has 29 heavy (non-hydrogen) atoms. The predicted octanol–water partition coefficient (Wildman–Crippen LogP) is 2.11. The van der Waals surface area contributed by atoms with E-state index in [4.69, 9.17) is 4.42 Å². The van der Waals surface area contributed by atoms with Crippen LogP contribution in [0.25, 0.3) is 11.5 Å². The van der Waals surface area contributed by atoms with E-state index in [2.05, 4.69) is 20.5 Å². The molecule has 0 spiro atoms. The average Bonchev–Trinajstić information content (AvgIpc) is 3.24. The van der Waals surface area contributed by atoms with Crippen LogP contribution in [0.1, 0.15) is 50.7 Å². The zero-order chi connectivity index (χ0) is 21.2. The fraction of sp³-hybridized carbons (Fsp3) is 0.500. The summed E-state index contributed by atoms with van der Waals surface area (Å²) in [4.78, 5) is 42.7. The first-order valence-corrected chi connectivity index (χ1v) is 9.82. The first-order valence-electron chi connectivity index (χ1n) is 9.82. The molecule has 1 unspecified atom stereocenters. The topological polar surface area (TPSA) is 118 Å². The van der Waals surface area contributed by atoms with Crippen LogP contribution in [0.3, 0.4) is 0 Å². The number of pyridine rings is 1. The van der Waals surface area contributed by atoms with Crippen LogP contribution in [-0.4, -0.2) is 57.3 Å². The Labute approximate surface area is 169 Å². The molecule has 0 saturated carbocycles. The fourth-order valence-electron chi connectivity index (χ4n) is 2.83. The molecule has 0 fully saturated rings. The molecular formula is C20H27N5O4. The van der Waals surface area contributed by atoms with Gasteiger partial charge in [0.1, 0.15) is 0 Å². The van der Waals surface area contributed by atoms with Gasteiger partial charge in [-0.25, -0.2) is 0 Å². The van der Waals surface area contributed by atoms with Gasteiger partial charge < -0.3 is 14.6 Å². The van der Waals surface area contributed by atoms with Crippen LogP contribution in [0.5, 0.6) is 0 Å². The largest absolute Gasteiger partial charge is 0.414 e. The van der Waals surface area contributed by atoms with Crippen molar-refractivity contribution in [2.45, 2.75) is 40.0 Å². The highest BCUT2D eigenvalue weighted by atomic mass is 16.4. The number of aromatic nitrogens is 3. The van der Waals surface area contributed by atoms with E-state index in [-0.39, 0.29) is 36.6 Å². The SMILES string of the molecule is CCCN(CC)C(=O)CC(CC)C(=O)NCC(=O)c1nnc(-c2ccncc2)o1. The van der Waals surface area contributed by atoms with Gasteiger partial charge in [0.15, 0.2) is 0 Å².